The van der Waals surface area contributed by atoms with Gasteiger partial charge in [0, 0.05) is 16.8 Å². The summed E-state index contributed by atoms with van der Waals surface area (Å²) in [5, 5.41) is 14.7. The summed E-state index contributed by atoms with van der Waals surface area (Å²) in [5.74, 6) is -2.59. The van der Waals surface area contributed by atoms with Crippen LogP contribution in [0.4, 0.5) is 5.69 Å². The number of fused-ring (bicyclic) bond motifs is 5. The number of aliphatic hydroxyl groups is 1. The molecule has 0 bridgehead atoms. The van der Waals surface area contributed by atoms with E-state index < -0.39 is 23.0 Å². The van der Waals surface area contributed by atoms with E-state index in [4.69, 9.17) is 10.5 Å². The Morgan fingerprint density at radius 2 is 1.81 bits per heavy atom. The van der Waals surface area contributed by atoms with Crippen molar-refractivity contribution in [1.29, 1.82) is 0 Å². The molecule has 0 radical (unpaired) electrons. The number of hydrogen-bond acceptors (Lipinski definition) is 5. The van der Waals surface area contributed by atoms with Gasteiger partial charge in [-0.15, -0.1) is 0 Å². The average Bonchev–Trinajstić information content (AvgIpc) is 3.11. The molecular formula is C25H22N2O4. The van der Waals surface area contributed by atoms with Crippen LogP contribution in [-0.4, -0.2) is 16.8 Å². The zero-order valence-corrected chi connectivity index (χ0v) is 17.0. The lowest BCUT2D eigenvalue weighted by Gasteiger charge is -2.34. The Kier molecular flexibility index (Phi) is 4.17. The highest BCUT2D eigenvalue weighted by atomic mass is 16.6. The van der Waals surface area contributed by atoms with Gasteiger partial charge >= 0.3 is 0 Å². The van der Waals surface area contributed by atoms with E-state index >= 15 is 0 Å². The second-order valence-electron chi connectivity index (χ2n) is 7.99. The molecule has 3 aromatic carbocycles. The van der Waals surface area contributed by atoms with Gasteiger partial charge in [0.1, 0.15) is 5.75 Å². The predicted octanol–water partition coefficient (Wildman–Crippen LogP) is 2.82. The van der Waals surface area contributed by atoms with Crippen LogP contribution < -0.4 is 15.8 Å². The standard InChI is InChI=1S/C25H22N2O4/c1-2-15-11-12-17-20(13-15)31-25(30)18-9-6-10-19(26)22(18)23(29)24(17,25)27-21(28)14-16-7-4-3-5-8-16/h3-13,30H,2,14,26H2,1H3,(H,27,28). The predicted molar refractivity (Wildman–Crippen MR) is 115 cm³/mol. The summed E-state index contributed by atoms with van der Waals surface area (Å²) in [6, 6.07) is 19.5. The Hall–Kier alpha value is -3.64. The number of anilines is 1. The zero-order valence-electron chi connectivity index (χ0n) is 17.0. The van der Waals surface area contributed by atoms with Gasteiger partial charge in [-0.2, -0.15) is 0 Å². The van der Waals surface area contributed by atoms with Gasteiger partial charge in [0.2, 0.25) is 17.2 Å². The van der Waals surface area contributed by atoms with Crippen molar-refractivity contribution in [2.45, 2.75) is 31.1 Å². The second-order valence-corrected chi connectivity index (χ2v) is 7.99. The van der Waals surface area contributed by atoms with Crippen molar-refractivity contribution in [2.75, 3.05) is 5.73 Å². The van der Waals surface area contributed by atoms with Crippen LogP contribution in [0.25, 0.3) is 0 Å². The SMILES string of the molecule is CCc1ccc2c(c1)OC1(O)c3cccc(N)c3C(=O)C21NC(=O)Cc1ccccc1. The Morgan fingerprint density at radius 1 is 1.03 bits per heavy atom. The number of aryl methyl sites for hydroxylation is 1. The highest BCUT2D eigenvalue weighted by Gasteiger charge is 2.72. The lowest BCUT2D eigenvalue weighted by atomic mass is 9.82. The Labute approximate surface area is 179 Å². The molecule has 6 nitrogen and oxygen atoms in total. The van der Waals surface area contributed by atoms with Crippen molar-refractivity contribution in [3.05, 3.63) is 94.5 Å². The molecule has 6 heteroatoms. The van der Waals surface area contributed by atoms with Gasteiger partial charge in [0.15, 0.2) is 0 Å². The van der Waals surface area contributed by atoms with Crippen LogP contribution in [0.15, 0.2) is 66.7 Å². The molecule has 0 spiro atoms. The van der Waals surface area contributed by atoms with Gasteiger partial charge in [-0.25, -0.2) is 0 Å². The summed E-state index contributed by atoms with van der Waals surface area (Å²) in [5.41, 5.74) is 7.18. The topological polar surface area (TPSA) is 102 Å². The molecule has 3 aromatic rings. The molecular weight excluding hydrogens is 392 g/mol. The summed E-state index contributed by atoms with van der Waals surface area (Å²) >= 11 is 0. The van der Waals surface area contributed by atoms with Crippen LogP contribution in [0.2, 0.25) is 0 Å². The fourth-order valence-electron chi connectivity index (χ4n) is 4.67. The molecule has 1 heterocycles. The van der Waals surface area contributed by atoms with Crippen molar-refractivity contribution in [3.63, 3.8) is 0 Å². The van der Waals surface area contributed by atoms with Crippen LogP contribution in [-0.2, 0) is 29.0 Å². The van der Waals surface area contributed by atoms with E-state index in [-0.39, 0.29) is 23.2 Å². The number of rotatable bonds is 4. The van der Waals surface area contributed by atoms with Crippen molar-refractivity contribution in [3.8, 4) is 5.75 Å². The molecule has 1 aliphatic heterocycles. The van der Waals surface area contributed by atoms with Gasteiger partial charge < -0.3 is 20.9 Å². The molecule has 0 saturated carbocycles. The maximum Gasteiger partial charge on any atom is 0.271 e. The van der Waals surface area contributed by atoms with Gasteiger partial charge in [0.25, 0.3) is 5.79 Å². The molecule has 156 valence electrons. The van der Waals surface area contributed by atoms with Crippen molar-refractivity contribution in [2.24, 2.45) is 0 Å². The minimum atomic E-state index is -2.09. The number of benzene rings is 3. The fourth-order valence-corrected chi connectivity index (χ4v) is 4.67. The molecule has 2 aliphatic rings. The van der Waals surface area contributed by atoms with E-state index in [9.17, 15) is 14.7 Å². The van der Waals surface area contributed by atoms with Gasteiger partial charge in [-0.3, -0.25) is 9.59 Å². The van der Waals surface area contributed by atoms with E-state index in [1.165, 1.54) is 0 Å². The summed E-state index contributed by atoms with van der Waals surface area (Å²) in [6.07, 6.45) is 0.820. The zero-order chi connectivity index (χ0) is 21.8. The number of Topliss-reactive ketones (excluding diaryl/α,β-unsaturated/α-hetero) is 1. The Bertz CT molecular complexity index is 1220. The highest BCUT2D eigenvalue weighted by Crippen LogP contribution is 2.59. The smallest absolute Gasteiger partial charge is 0.271 e. The molecule has 1 amide bonds. The first-order chi connectivity index (χ1) is 14.9. The van der Waals surface area contributed by atoms with E-state index in [0.29, 0.717) is 11.3 Å². The number of carbonyl (C=O) groups is 2. The van der Waals surface area contributed by atoms with Crippen LogP contribution in [0, 0.1) is 0 Å². The van der Waals surface area contributed by atoms with Crippen LogP contribution >= 0.6 is 0 Å². The van der Waals surface area contributed by atoms with E-state index in [1.807, 2.05) is 43.3 Å². The quantitative estimate of drug-likeness (QED) is 0.570. The number of ketones is 1. The number of amides is 1. The molecule has 1 aliphatic carbocycles. The molecule has 0 saturated heterocycles. The van der Waals surface area contributed by atoms with Gasteiger partial charge in [0.05, 0.1) is 12.0 Å². The van der Waals surface area contributed by atoms with Crippen molar-refractivity contribution < 1.29 is 19.4 Å². The first kappa shape index (κ1) is 19.3. The maximum atomic E-state index is 13.8. The van der Waals surface area contributed by atoms with Crippen LogP contribution in [0.1, 0.15) is 39.5 Å². The molecule has 0 aromatic heterocycles. The number of nitrogen functional groups attached to an aromatic ring is 1. The highest BCUT2D eigenvalue weighted by molar-refractivity contribution is 6.15. The third-order valence-corrected chi connectivity index (χ3v) is 6.19. The molecule has 5 rings (SSSR count). The van der Waals surface area contributed by atoms with Gasteiger partial charge in [-0.05, 0) is 29.7 Å². The normalized spacial score (nSPS) is 23.0. The maximum absolute atomic E-state index is 13.8. The molecule has 31 heavy (non-hydrogen) atoms. The second kappa shape index (κ2) is 6.68. The van der Waals surface area contributed by atoms with E-state index in [0.717, 1.165) is 17.5 Å². The van der Waals surface area contributed by atoms with Crippen molar-refractivity contribution >= 4 is 17.4 Å². The minimum absolute atomic E-state index is 0.0557. The summed E-state index contributed by atoms with van der Waals surface area (Å²) in [4.78, 5) is 26.9. The monoisotopic (exact) mass is 414 g/mol. The first-order valence-electron chi connectivity index (χ1n) is 10.2. The third-order valence-electron chi connectivity index (χ3n) is 6.19. The van der Waals surface area contributed by atoms with E-state index in [2.05, 4.69) is 5.32 Å². The third kappa shape index (κ3) is 2.55. The largest absolute Gasteiger partial charge is 0.454 e. The molecule has 0 fully saturated rings. The van der Waals surface area contributed by atoms with Crippen LogP contribution in [0.3, 0.4) is 0 Å². The fraction of sp³-hybridized carbons (Fsp3) is 0.200. The Morgan fingerprint density at radius 3 is 2.55 bits per heavy atom. The van der Waals surface area contributed by atoms with Crippen molar-refractivity contribution in [1.82, 2.24) is 5.32 Å². The van der Waals surface area contributed by atoms with Gasteiger partial charge in [-0.1, -0.05) is 61.5 Å². The molecule has 4 N–H and O–H groups in total. The number of ether oxygens (including phenoxy) is 1. The lowest BCUT2D eigenvalue weighted by Crippen LogP contribution is -2.60. The number of hydrogen-bond donors (Lipinski definition) is 3. The number of nitrogens with one attached hydrogen (secondary N) is 1. The Balaban J connectivity index is 1.66. The average molecular weight is 414 g/mol. The number of nitrogens with two attached hydrogens (primary N) is 1. The lowest BCUT2D eigenvalue weighted by molar-refractivity contribution is -0.175. The summed E-state index contributed by atoms with van der Waals surface area (Å²) in [6.45, 7) is 2.00. The number of carbonyl (C=O) groups excluding carboxylic acids is 2. The molecule has 2 atom stereocenters. The first-order valence-corrected chi connectivity index (χ1v) is 10.2. The van der Waals surface area contributed by atoms with E-state index in [1.54, 1.807) is 30.3 Å². The molecule has 2 unspecified atom stereocenters. The minimum Gasteiger partial charge on any atom is -0.454 e. The van der Waals surface area contributed by atoms with Crippen LogP contribution in [0.5, 0.6) is 5.75 Å². The summed E-state index contributed by atoms with van der Waals surface area (Å²) in [7, 11) is 0. The summed E-state index contributed by atoms with van der Waals surface area (Å²) < 4.78 is 6.03.